The Morgan fingerprint density at radius 2 is 1.56 bits per heavy atom. The van der Waals surface area contributed by atoms with Crippen LogP contribution in [0.15, 0.2) is 24.3 Å². The highest BCUT2D eigenvalue weighted by atomic mass is 35.5. The summed E-state index contributed by atoms with van der Waals surface area (Å²) in [4.78, 5) is 0. The molecule has 1 atom stereocenters. The molecule has 0 spiro atoms. The number of aliphatic hydroxyl groups excluding tert-OH is 1. The predicted octanol–water partition coefficient (Wildman–Crippen LogP) is 3.54. The van der Waals surface area contributed by atoms with Crippen molar-refractivity contribution in [3.8, 4) is 0 Å². The Labute approximate surface area is 96.9 Å². The van der Waals surface area contributed by atoms with E-state index in [9.17, 15) is 18.3 Å². The Balaban J connectivity index is 3.06. The zero-order valence-electron chi connectivity index (χ0n) is 8.85. The van der Waals surface area contributed by atoms with E-state index in [4.69, 9.17) is 11.6 Å². The molecule has 1 aromatic rings. The molecule has 1 nitrogen and oxygen atoms in total. The normalized spacial score (nSPS) is 14.9. The van der Waals surface area contributed by atoms with Crippen LogP contribution in [0.3, 0.4) is 0 Å². The van der Waals surface area contributed by atoms with Crippen LogP contribution in [0.1, 0.15) is 19.4 Å². The van der Waals surface area contributed by atoms with Crippen LogP contribution in [-0.2, 0) is 5.41 Å². The zero-order valence-corrected chi connectivity index (χ0v) is 9.60. The standard InChI is InChI=1S/C11H12ClF3O/c1-10(2,9(16)11(13,14)15)7-3-5-8(12)6-4-7/h3-6,9,16H,1-2H3. The first-order chi connectivity index (χ1) is 7.15. The van der Waals surface area contributed by atoms with Gasteiger partial charge in [0.2, 0.25) is 0 Å². The molecule has 0 bridgehead atoms. The number of alkyl halides is 3. The van der Waals surface area contributed by atoms with E-state index in [1.807, 2.05) is 0 Å². The summed E-state index contributed by atoms with van der Waals surface area (Å²) in [5.74, 6) is 0. The van der Waals surface area contributed by atoms with Crippen molar-refractivity contribution in [2.24, 2.45) is 0 Å². The van der Waals surface area contributed by atoms with E-state index >= 15 is 0 Å². The molecule has 0 heterocycles. The molecule has 0 aliphatic rings. The van der Waals surface area contributed by atoms with Crippen molar-refractivity contribution in [2.75, 3.05) is 0 Å². The lowest BCUT2D eigenvalue weighted by Gasteiger charge is -2.32. The summed E-state index contributed by atoms with van der Waals surface area (Å²) in [5, 5.41) is 9.72. The predicted molar refractivity (Wildman–Crippen MR) is 56.5 cm³/mol. The molecule has 0 radical (unpaired) electrons. The van der Waals surface area contributed by atoms with Crippen molar-refractivity contribution in [1.82, 2.24) is 0 Å². The van der Waals surface area contributed by atoms with Crippen LogP contribution >= 0.6 is 11.6 Å². The van der Waals surface area contributed by atoms with Gasteiger partial charge in [-0.15, -0.1) is 0 Å². The van der Waals surface area contributed by atoms with E-state index < -0.39 is 17.7 Å². The number of benzene rings is 1. The first-order valence-electron chi connectivity index (χ1n) is 4.66. The highest BCUT2D eigenvalue weighted by molar-refractivity contribution is 6.30. The van der Waals surface area contributed by atoms with E-state index in [2.05, 4.69) is 0 Å². The van der Waals surface area contributed by atoms with Gasteiger partial charge in [0.15, 0.2) is 6.10 Å². The highest BCUT2D eigenvalue weighted by Crippen LogP contribution is 2.36. The topological polar surface area (TPSA) is 20.2 Å². The molecule has 0 saturated carbocycles. The molecule has 1 unspecified atom stereocenters. The minimum absolute atomic E-state index is 0.390. The molecule has 0 saturated heterocycles. The van der Waals surface area contributed by atoms with Gasteiger partial charge in [0, 0.05) is 10.4 Å². The Hall–Kier alpha value is -0.740. The molecular formula is C11H12ClF3O. The first-order valence-corrected chi connectivity index (χ1v) is 5.04. The number of rotatable bonds is 2. The summed E-state index contributed by atoms with van der Waals surface area (Å²) in [6, 6.07) is 5.97. The Morgan fingerprint density at radius 1 is 1.12 bits per heavy atom. The molecule has 5 heteroatoms. The summed E-state index contributed by atoms with van der Waals surface area (Å²) in [7, 11) is 0. The fraction of sp³-hybridized carbons (Fsp3) is 0.455. The Kier molecular flexibility index (Phi) is 3.55. The van der Waals surface area contributed by atoms with Crippen molar-refractivity contribution in [3.63, 3.8) is 0 Å². The molecule has 0 aliphatic heterocycles. The van der Waals surface area contributed by atoms with Crippen LogP contribution in [0.4, 0.5) is 13.2 Å². The van der Waals surface area contributed by atoms with E-state index in [1.54, 1.807) is 0 Å². The van der Waals surface area contributed by atoms with Gasteiger partial charge in [0.25, 0.3) is 0 Å². The lowest BCUT2D eigenvalue weighted by Crippen LogP contribution is -2.44. The monoisotopic (exact) mass is 252 g/mol. The highest BCUT2D eigenvalue weighted by Gasteiger charge is 2.48. The van der Waals surface area contributed by atoms with E-state index in [0.29, 0.717) is 10.6 Å². The zero-order chi connectivity index (χ0) is 12.6. The molecule has 90 valence electrons. The molecule has 0 amide bonds. The summed E-state index contributed by atoms with van der Waals surface area (Å²) < 4.78 is 37.3. The Bertz CT molecular complexity index is 356. The minimum atomic E-state index is -4.64. The summed E-state index contributed by atoms with van der Waals surface area (Å²) in [6.45, 7) is 2.68. The van der Waals surface area contributed by atoms with Crippen LogP contribution < -0.4 is 0 Å². The third kappa shape index (κ3) is 2.68. The molecular weight excluding hydrogens is 241 g/mol. The first kappa shape index (κ1) is 13.3. The van der Waals surface area contributed by atoms with Crippen LogP contribution in [-0.4, -0.2) is 17.4 Å². The van der Waals surface area contributed by atoms with Gasteiger partial charge in [0.05, 0.1) is 0 Å². The average molecular weight is 253 g/mol. The average Bonchev–Trinajstić information content (AvgIpc) is 2.16. The summed E-state index contributed by atoms with van der Waals surface area (Å²) in [5.41, 5.74) is -1.01. The number of hydrogen-bond acceptors (Lipinski definition) is 1. The van der Waals surface area contributed by atoms with Crippen molar-refractivity contribution in [3.05, 3.63) is 34.9 Å². The van der Waals surface area contributed by atoms with Crippen molar-refractivity contribution in [2.45, 2.75) is 31.5 Å². The fourth-order valence-corrected chi connectivity index (χ4v) is 1.57. The second-order valence-corrected chi connectivity index (χ2v) is 4.61. The van der Waals surface area contributed by atoms with Crippen LogP contribution in [0.5, 0.6) is 0 Å². The number of halogens is 4. The molecule has 0 aromatic heterocycles. The van der Waals surface area contributed by atoms with Crippen molar-refractivity contribution < 1.29 is 18.3 Å². The molecule has 1 N–H and O–H groups in total. The van der Waals surface area contributed by atoms with E-state index in [-0.39, 0.29) is 0 Å². The van der Waals surface area contributed by atoms with Crippen molar-refractivity contribution >= 4 is 11.6 Å². The van der Waals surface area contributed by atoms with E-state index in [1.165, 1.54) is 38.1 Å². The fourth-order valence-electron chi connectivity index (χ4n) is 1.45. The molecule has 0 aliphatic carbocycles. The maximum Gasteiger partial charge on any atom is 0.415 e. The largest absolute Gasteiger partial charge is 0.415 e. The molecule has 0 fully saturated rings. The van der Waals surface area contributed by atoms with Crippen molar-refractivity contribution in [1.29, 1.82) is 0 Å². The van der Waals surface area contributed by atoms with E-state index in [0.717, 1.165) is 0 Å². The molecule has 16 heavy (non-hydrogen) atoms. The van der Waals surface area contributed by atoms with Crippen LogP contribution in [0.2, 0.25) is 5.02 Å². The maximum absolute atomic E-state index is 12.4. The molecule has 1 aromatic carbocycles. The van der Waals surface area contributed by atoms with Gasteiger partial charge >= 0.3 is 6.18 Å². The maximum atomic E-state index is 12.4. The number of aliphatic hydroxyl groups is 1. The van der Waals surface area contributed by atoms with Gasteiger partial charge in [-0.1, -0.05) is 37.6 Å². The van der Waals surface area contributed by atoms with Gasteiger partial charge in [-0.3, -0.25) is 0 Å². The summed E-state index contributed by atoms with van der Waals surface area (Å²) >= 11 is 5.65. The third-order valence-electron chi connectivity index (χ3n) is 2.58. The van der Waals surface area contributed by atoms with Gasteiger partial charge < -0.3 is 5.11 Å². The minimum Gasteiger partial charge on any atom is -0.383 e. The lowest BCUT2D eigenvalue weighted by molar-refractivity contribution is -0.221. The lowest BCUT2D eigenvalue weighted by atomic mass is 9.79. The van der Waals surface area contributed by atoms with Gasteiger partial charge in [-0.25, -0.2) is 0 Å². The second-order valence-electron chi connectivity index (χ2n) is 4.17. The SMILES string of the molecule is CC(C)(c1ccc(Cl)cc1)C(O)C(F)(F)F. The second kappa shape index (κ2) is 4.26. The van der Waals surface area contributed by atoms with Gasteiger partial charge in [-0.2, -0.15) is 13.2 Å². The van der Waals surface area contributed by atoms with Gasteiger partial charge in [0.1, 0.15) is 0 Å². The summed E-state index contributed by atoms with van der Waals surface area (Å²) in [6.07, 6.45) is -7.04. The Morgan fingerprint density at radius 3 is 1.94 bits per heavy atom. The van der Waals surface area contributed by atoms with Gasteiger partial charge in [-0.05, 0) is 17.7 Å². The number of hydrogen-bond donors (Lipinski definition) is 1. The smallest absolute Gasteiger partial charge is 0.383 e. The quantitative estimate of drug-likeness (QED) is 0.854. The van der Waals surface area contributed by atoms with Crippen LogP contribution in [0, 0.1) is 0 Å². The van der Waals surface area contributed by atoms with Crippen LogP contribution in [0.25, 0.3) is 0 Å². The third-order valence-corrected chi connectivity index (χ3v) is 2.83. The molecule has 1 rings (SSSR count).